The monoisotopic (exact) mass is 774 g/mol. The van der Waals surface area contributed by atoms with Gasteiger partial charge in [0.15, 0.2) is 5.01 Å². The summed E-state index contributed by atoms with van der Waals surface area (Å²) in [4.78, 5) is 45.6. The second kappa shape index (κ2) is 16.4. The molecule has 282 valence electrons. The third-order valence-corrected chi connectivity index (χ3v) is 11.0. The van der Waals surface area contributed by atoms with Crippen molar-refractivity contribution in [3.63, 3.8) is 0 Å². The molecule has 0 unspecified atom stereocenters. The lowest BCUT2D eigenvalue weighted by Gasteiger charge is -2.22. The molecule has 16 nitrogen and oxygen atoms in total. The molecular formula is C36H38N8O8S2. The van der Waals surface area contributed by atoms with Crippen molar-refractivity contribution in [2.45, 2.75) is 25.3 Å². The van der Waals surface area contributed by atoms with Gasteiger partial charge in [0, 0.05) is 45.4 Å². The van der Waals surface area contributed by atoms with Gasteiger partial charge in [-0.2, -0.15) is 10.1 Å². The van der Waals surface area contributed by atoms with Gasteiger partial charge in [-0.3, -0.25) is 14.3 Å². The summed E-state index contributed by atoms with van der Waals surface area (Å²) < 4.78 is 36.2. The molecule has 0 atom stereocenters. The van der Waals surface area contributed by atoms with E-state index >= 15 is 0 Å². The Morgan fingerprint density at radius 1 is 0.963 bits per heavy atom. The average molecular weight is 775 g/mol. The summed E-state index contributed by atoms with van der Waals surface area (Å²) in [6.45, 7) is 2.81. The zero-order chi connectivity index (χ0) is 37.8. The number of nitrogens with one attached hydrogen (secondary N) is 1. The Bertz CT molecular complexity index is 2320. The van der Waals surface area contributed by atoms with Crippen LogP contribution in [0.15, 0.2) is 36.7 Å². The molecule has 1 saturated heterocycles. The van der Waals surface area contributed by atoms with Crippen molar-refractivity contribution in [3.05, 3.63) is 52.8 Å². The number of methoxy groups -OCH3 is 4. The van der Waals surface area contributed by atoms with E-state index in [2.05, 4.69) is 15.4 Å². The van der Waals surface area contributed by atoms with Crippen LogP contribution in [-0.2, 0) is 20.8 Å². The number of carbonyl (C=O) groups is 2. The first-order valence-electron chi connectivity index (χ1n) is 17.0. The fourth-order valence-corrected chi connectivity index (χ4v) is 8.38. The lowest BCUT2D eigenvalue weighted by atomic mass is 9.93. The van der Waals surface area contributed by atoms with E-state index in [-0.39, 0.29) is 28.2 Å². The molecule has 6 aromatic rings. The molecule has 6 heterocycles. The molecule has 1 fully saturated rings. The zero-order valence-electron chi connectivity index (χ0n) is 30.0. The topological polar surface area (TPSA) is 197 Å². The van der Waals surface area contributed by atoms with Crippen molar-refractivity contribution in [3.8, 4) is 39.3 Å². The lowest BCUT2D eigenvalue weighted by molar-refractivity contribution is 0.0855. The van der Waals surface area contributed by atoms with Gasteiger partial charge in [0.25, 0.3) is 11.8 Å². The number of hydrogen-bond acceptors (Lipinski definition) is 15. The number of nitrogens with two attached hydrogens (primary N) is 1. The number of fused-ring (bicyclic) bond motifs is 2. The number of rotatable bonds is 15. The second-order valence-corrected chi connectivity index (χ2v) is 14.2. The number of ether oxygens (including phenoxy) is 6. The summed E-state index contributed by atoms with van der Waals surface area (Å²) in [6.07, 6.45) is 5.06. The van der Waals surface area contributed by atoms with Gasteiger partial charge in [-0.15, -0.1) is 22.7 Å². The minimum Gasteiger partial charge on any atom is -0.491 e. The molecule has 54 heavy (non-hydrogen) atoms. The molecule has 18 heteroatoms. The molecule has 0 aliphatic carbocycles. The number of benzene rings is 1. The maximum absolute atomic E-state index is 14.2. The molecule has 2 amide bonds. The van der Waals surface area contributed by atoms with Crippen molar-refractivity contribution in [1.29, 1.82) is 0 Å². The van der Waals surface area contributed by atoms with Gasteiger partial charge in [-0.25, -0.2) is 15.0 Å². The fourth-order valence-electron chi connectivity index (χ4n) is 6.21. The number of aromatic nitrogens is 6. The van der Waals surface area contributed by atoms with Crippen LogP contribution in [0.5, 0.6) is 17.5 Å². The molecule has 0 saturated carbocycles. The van der Waals surface area contributed by atoms with Crippen molar-refractivity contribution < 1.29 is 38.0 Å². The van der Waals surface area contributed by atoms with Gasteiger partial charge in [0.05, 0.1) is 48.9 Å². The smallest absolute Gasteiger partial charge is 0.285 e. The Kier molecular flexibility index (Phi) is 11.3. The summed E-state index contributed by atoms with van der Waals surface area (Å²) in [5.41, 5.74) is 9.42. The molecule has 7 rings (SSSR count). The first kappa shape index (κ1) is 37.1. The number of anilines is 1. The molecule has 5 aromatic heterocycles. The highest BCUT2D eigenvalue weighted by atomic mass is 32.1. The third-order valence-electron chi connectivity index (χ3n) is 8.83. The van der Waals surface area contributed by atoms with Crippen LogP contribution >= 0.6 is 22.7 Å². The first-order chi connectivity index (χ1) is 26.3. The van der Waals surface area contributed by atoms with Crippen molar-refractivity contribution in [2.24, 2.45) is 5.73 Å². The summed E-state index contributed by atoms with van der Waals surface area (Å²) in [6, 6.07) is 7.39. The predicted molar refractivity (Wildman–Crippen MR) is 203 cm³/mol. The van der Waals surface area contributed by atoms with Gasteiger partial charge in [-0.05, 0) is 42.0 Å². The van der Waals surface area contributed by atoms with E-state index in [0.29, 0.717) is 88.8 Å². The first-order valence-corrected chi connectivity index (χ1v) is 18.7. The average Bonchev–Trinajstić information content (AvgIpc) is 3.95. The van der Waals surface area contributed by atoms with Crippen LogP contribution < -0.4 is 25.3 Å². The quantitative estimate of drug-likeness (QED) is 0.130. The molecule has 1 aliphatic heterocycles. The van der Waals surface area contributed by atoms with Crippen molar-refractivity contribution in [1.82, 2.24) is 29.7 Å². The number of carbonyl (C=O) groups excluding carboxylic acids is 2. The number of nitrogens with zero attached hydrogens (tertiary/aromatic N) is 6. The van der Waals surface area contributed by atoms with Crippen LogP contribution in [0.25, 0.3) is 42.3 Å². The Labute approximate surface area is 317 Å². The SMILES string of the molecule is COCCOc1cccc(-c2c(NC(=O)c3nc4c(OC)ncc(C5CCOCC5)c4s3)nc(OC)c3nc(-c4nn(CCOC)cc4C(N)=O)sc23)c1. The van der Waals surface area contributed by atoms with E-state index in [1.807, 2.05) is 30.5 Å². The highest BCUT2D eigenvalue weighted by Gasteiger charge is 2.28. The molecule has 1 aromatic carbocycles. The third kappa shape index (κ3) is 7.42. The van der Waals surface area contributed by atoms with Gasteiger partial charge in [-0.1, -0.05) is 12.1 Å². The Morgan fingerprint density at radius 3 is 2.48 bits per heavy atom. The van der Waals surface area contributed by atoms with E-state index in [4.69, 9.17) is 49.1 Å². The van der Waals surface area contributed by atoms with E-state index < -0.39 is 11.8 Å². The predicted octanol–water partition coefficient (Wildman–Crippen LogP) is 5.16. The van der Waals surface area contributed by atoms with E-state index in [1.54, 1.807) is 25.1 Å². The number of pyridine rings is 2. The Balaban J connectivity index is 1.36. The molecule has 0 radical (unpaired) electrons. The standard InChI is InChI=1S/C36H38N8O8S2/c1-47-13-10-44-18-23(30(37)45)25(43-44)35-39-27-29(54-35)24(20-6-5-7-21(16-20)52-15-14-48-2)31(42-34(27)50-4)41-32(46)36-40-26-28(53-36)22(17-38-33(26)49-3)19-8-11-51-12-9-19/h5-7,16-19H,8-15H2,1-4H3,(H2,37,45)(H,41,42,46). The maximum atomic E-state index is 14.2. The number of thiazole rings is 2. The molecular weight excluding hydrogens is 737 g/mol. The van der Waals surface area contributed by atoms with Crippen LogP contribution in [0.1, 0.15) is 44.5 Å². The van der Waals surface area contributed by atoms with Crippen molar-refractivity contribution >= 4 is 60.7 Å². The van der Waals surface area contributed by atoms with Crippen LogP contribution in [0.3, 0.4) is 0 Å². The molecule has 3 N–H and O–H groups in total. The Morgan fingerprint density at radius 2 is 1.74 bits per heavy atom. The van der Waals surface area contributed by atoms with Crippen LogP contribution in [0, 0.1) is 0 Å². The highest BCUT2D eigenvalue weighted by Crippen LogP contribution is 2.45. The minimum atomic E-state index is -0.658. The second-order valence-electron chi connectivity index (χ2n) is 12.2. The van der Waals surface area contributed by atoms with Crippen LogP contribution in [0.4, 0.5) is 5.82 Å². The van der Waals surface area contributed by atoms with E-state index in [1.165, 1.54) is 36.9 Å². The van der Waals surface area contributed by atoms with Crippen LogP contribution in [0.2, 0.25) is 0 Å². The number of primary amides is 1. The van der Waals surface area contributed by atoms with E-state index in [9.17, 15) is 9.59 Å². The fraction of sp³-hybridized carbons (Fsp3) is 0.361. The summed E-state index contributed by atoms with van der Waals surface area (Å²) in [5, 5.41) is 8.24. The van der Waals surface area contributed by atoms with Gasteiger partial charge >= 0.3 is 0 Å². The summed E-state index contributed by atoms with van der Waals surface area (Å²) in [5.74, 6) is 0.330. The number of hydrogen-bond donors (Lipinski definition) is 2. The summed E-state index contributed by atoms with van der Waals surface area (Å²) in [7, 11) is 6.18. The molecule has 0 bridgehead atoms. The van der Waals surface area contributed by atoms with Gasteiger partial charge in [0.2, 0.25) is 11.8 Å². The zero-order valence-corrected chi connectivity index (χ0v) is 31.7. The minimum absolute atomic E-state index is 0.149. The van der Waals surface area contributed by atoms with Crippen molar-refractivity contribution in [2.75, 3.05) is 66.8 Å². The molecule has 0 spiro atoms. The maximum Gasteiger partial charge on any atom is 0.285 e. The largest absolute Gasteiger partial charge is 0.491 e. The summed E-state index contributed by atoms with van der Waals surface area (Å²) >= 11 is 2.52. The van der Waals surface area contributed by atoms with Gasteiger partial charge in [0.1, 0.15) is 39.9 Å². The number of amides is 2. The van der Waals surface area contributed by atoms with E-state index in [0.717, 1.165) is 23.1 Å². The highest BCUT2D eigenvalue weighted by molar-refractivity contribution is 7.22. The van der Waals surface area contributed by atoms with Gasteiger partial charge < -0.3 is 39.5 Å². The van der Waals surface area contributed by atoms with Crippen LogP contribution in [-0.4, -0.2) is 103 Å². The molecule has 1 aliphatic rings. The Hall–Kier alpha value is -5.27. The lowest BCUT2D eigenvalue weighted by Crippen LogP contribution is -2.14. The normalized spacial score (nSPS) is 13.4.